The number of nitro groups is 1. The molecule has 0 amide bonds. The van der Waals surface area contributed by atoms with Crippen LogP contribution in [0.2, 0.25) is 0 Å². The summed E-state index contributed by atoms with van der Waals surface area (Å²) in [5.74, 6) is 0.278. The molecule has 1 atom stereocenters. The van der Waals surface area contributed by atoms with Crippen LogP contribution in [0.15, 0.2) is 60.7 Å². The Labute approximate surface area is 112 Å². The lowest BCUT2D eigenvalue weighted by molar-refractivity contribution is -0.384. The van der Waals surface area contributed by atoms with Gasteiger partial charge in [0.15, 0.2) is 0 Å². The van der Waals surface area contributed by atoms with Crippen LogP contribution in [0.5, 0.6) is 0 Å². The molecule has 0 bridgehead atoms. The highest BCUT2D eigenvalue weighted by atomic mass is 16.6. The van der Waals surface area contributed by atoms with Gasteiger partial charge in [-0.15, -0.1) is 0 Å². The van der Waals surface area contributed by atoms with E-state index in [0.29, 0.717) is 0 Å². The van der Waals surface area contributed by atoms with Gasteiger partial charge in [-0.3, -0.25) is 10.1 Å². The molecule has 0 heterocycles. The van der Waals surface area contributed by atoms with E-state index < -0.39 is 0 Å². The van der Waals surface area contributed by atoms with Crippen LogP contribution in [-0.4, -0.2) is 4.92 Å². The monoisotopic (exact) mass is 253 g/mol. The third-order valence-corrected chi connectivity index (χ3v) is 2.98. The molecule has 0 aromatic heterocycles. The lowest BCUT2D eigenvalue weighted by atomic mass is 10.00. The van der Waals surface area contributed by atoms with Gasteiger partial charge in [0.05, 0.1) is 4.92 Å². The second-order valence-electron chi connectivity index (χ2n) is 4.41. The Morgan fingerprint density at radius 2 is 1.84 bits per heavy atom. The number of nitro benzene ring substituents is 1. The van der Waals surface area contributed by atoms with Crippen molar-refractivity contribution < 1.29 is 4.92 Å². The molecule has 1 unspecified atom stereocenters. The molecule has 0 spiro atoms. The van der Waals surface area contributed by atoms with E-state index in [2.05, 4.69) is 19.1 Å². The van der Waals surface area contributed by atoms with Gasteiger partial charge in [0.1, 0.15) is 0 Å². The molecule has 0 saturated heterocycles. The summed E-state index contributed by atoms with van der Waals surface area (Å²) < 4.78 is 0. The summed E-state index contributed by atoms with van der Waals surface area (Å²) in [4.78, 5) is 10.3. The SMILES string of the molecule is CC(C=Cc1cccc([N+](=O)[O-])c1)c1ccccc1. The van der Waals surface area contributed by atoms with E-state index in [9.17, 15) is 10.1 Å². The lowest BCUT2D eigenvalue weighted by Crippen LogP contribution is -1.89. The van der Waals surface area contributed by atoms with Crippen LogP contribution in [0.4, 0.5) is 5.69 Å². The molecule has 0 N–H and O–H groups in total. The summed E-state index contributed by atoms with van der Waals surface area (Å²) in [7, 11) is 0. The first kappa shape index (κ1) is 13.0. The molecule has 3 nitrogen and oxygen atoms in total. The smallest absolute Gasteiger partial charge is 0.258 e. The van der Waals surface area contributed by atoms with Crippen molar-refractivity contribution in [1.29, 1.82) is 0 Å². The Morgan fingerprint density at radius 1 is 1.11 bits per heavy atom. The number of hydrogen-bond donors (Lipinski definition) is 0. The van der Waals surface area contributed by atoms with Gasteiger partial charge in [-0.1, -0.05) is 61.5 Å². The zero-order valence-electron chi connectivity index (χ0n) is 10.7. The number of allylic oxidation sites excluding steroid dienone is 1. The van der Waals surface area contributed by atoms with E-state index in [1.54, 1.807) is 12.1 Å². The van der Waals surface area contributed by atoms with E-state index in [0.717, 1.165) is 5.56 Å². The second kappa shape index (κ2) is 5.96. The van der Waals surface area contributed by atoms with E-state index in [-0.39, 0.29) is 16.5 Å². The summed E-state index contributed by atoms with van der Waals surface area (Å²) in [5.41, 5.74) is 2.19. The fourth-order valence-electron chi connectivity index (χ4n) is 1.87. The largest absolute Gasteiger partial charge is 0.270 e. The Morgan fingerprint density at radius 3 is 2.53 bits per heavy atom. The van der Waals surface area contributed by atoms with Crippen molar-refractivity contribution in [2.75, 3.05) is 0 Å². The molecule has 0 fully saturated rings. The van der Waals surface area contributed by atoms with Gasteiger partial charge in [-0.05, 0) is 17.0 Å². The van der Waals surface area contributed by atoms with Crippen molar-refractivity contribution >= 4 is 11.8 Å². The maximum absolute atomic E-state index is 10.7. The molecular weight excluding hydrogens is 238 g/mol. The first-order chi connectivity index (χ1) is 9.16. The Hall–Kier alpha value is -2.42. The highest BCUT2D eigenvalue weighted by Crippen LogP contribution is 2.19. The summed E-state index contributed by atoms with van der Waals surface area (Å²) in [5, 5.41) is 10.7. The molecule has 0 aliphatic rings. The fraction of sp³-hybridized carbons (Fsp3) is 0.125. The highest BCUT2D eigenvalue weighted by molar-refractivity contribution is 5.54. The zero-order valence-corrected chi connectivity index (χ0v) is 10.7. The quantitative estimate of drug-likeness (QED) is 0.598. The third kappa shape index (κ3) is 3.52. The molecule has 19 heavy (non-hydrogen) atoms. The molecule has 96 valence electrons. The van der Waals surface area contributed by atoms with Gasteiger partial charge >= 0.3 is 0 Å². The Kier molecular flexibility index (Phi) is 4.08. The predicted octanol–water partition coefficient (Wildman–Crippen LogP) is 4.41. The summed E-state index contributed by atoms with van der Waals surface area (Å²) in [6.45, 7) is 2.10. The number of benzene rings is 2. The normalized spacial score (nSPS) is 12.5. The van der Waals surface area contributed by atoms with Crippen LogP contribution in [0.1, 0.15) is 24.0 Å². The van der Waals surface area contributed by atoms with Gasteiger partial charge in [0.2, 0.25) is 0 Å². The number of non-ortho nitro benzene ring substituents is 1. The van der Waals surface area contributed by atoms with Crippen LogP contribution >= 0.6 is 0 Å². The van der Waals surface area contributed by atoms with Crippen LogP contribution in [0.25, 0.3) is 6.08 Å². The van der Waals surface area contributed by atoms with Gasteiger partial charge in [-0.25, -0.2) is 0 Å². The molecule has 2 aromatic carbocycles. The van der Waals surface area contributed by atoms with Crippen molar-refractivity contribution in [3.63, 3.8) is 0 Å². The Balaban J connectivity index is 2.14. The van der Waals surface area contributed by atoms with Crippen LogP contribution in [0, 0.1) is 10.1 Å². The summed E-state index contributed by atoms with van der Waals surface area (Å²) in [6.07, 6.45) is 3.97. The topological polar surface area (TPSA) is 43.1 Å². The van der Waals surface area contributed by atoms with Gasteiger partial charge in [-0.2, -0.15) is 0 Å². The fourth-order valence-corrected chi connectivity index (χ4v) is 1.87. The minimum atomic E-state index is -0.377. The zero-order chi connectivity index (χ0) is 13.7. The number of nitrogens with zero attached hydrogens (tertiary/aromatic N) is 1. The van der Waals surface area contributed by atoms with Crippen molar-refractivity contribution in [2.24, 2.45) is 0 Å². The molecule has 0 saturated carbocycles. The minimum absolute atomic E-state index is 0.120. The van der Waals surface area contributed by atoms with Gasteiger partial charge < -0.3 is 0 Å². The van der Waals surface area contributed by atoms with Crippen molar-refractivity contribution in [2.45, 2.75) is 12.8 Å². The first-order valence-electron chi connectivity index (χ1n) is 6.14. The van der Waals surface area contributed by atoms with Crippen LogP contribution in [0.3, 0.4) is 0 Å². The summed E-state index contributed by atoms with van der Waals surface area (Å²) >= 11 is 0. The molecule has 2 rings (SSSR count). The highest BCUT2D eigenvalue weighted by Gasteiger charge is 2.04. The Bertz CT molecular complexity index is 591. The molecule has 0 aliphatic heterocycles. The molecule has 0 aliphatic carbocycles. The molecule has 2 aromatic rings. The standard InChI is InChI=1S/C16H15NO2/c1-13(15-7-3-2-4-8-15)10-11-14-6-5-9-16(12-14)17(18)19/h2-13H,1H3. The van der Waals surface area contributed by atoms with E-state index in [1.165, 1.54) is 11.6 Å². The second-order valence-corrected chi connectivity index (χ2v) is 4.41. The van der Waals surface area contributed by atoms with E-state index in [1.807, 2.05) is 36.4 Å². The maximum atomic E-state index is 10.7. The number of rotatable bonds is 4. The van der Waals surface area contributed by atoms with Gasteiger partial charge in [0.25, 0.3) is 5.69 Å². The van der Waals surface area contributed by atoms with E-state index in [4.69, 9.17) is 0 Å². The minimum Gasteiger partial charge on any atom is -0.258 e. The van der Waals surface area contributed by atoms with Crippen LogP contribution < -0.4 is 0 Å². The van der Waals surface area contributed by atoms with Gasteiger partial charge in [0, 0.05) is 12.1 Å². The first-order valence-corrected chi connectivity index (χ1v) is 6.14. The average Bonchev–Trinajstić information content (AvgIpc) is 2.46. The van der Waals surface area contributed by atoms with Crippen molar-refractivity contribution in [3.8, 4) is 0 Å². The lowest BCUT2D eigenvalue weighted by Gasteiger charge is -2.05. The number of hydrogen-bond acceptors (Lipinski definition) is 2. The molecular formula is C16H15NO2. The third-order valence-electron chi connectivity index (χ3n) is 2.98. The maximum Gasteiger partial charge on any atom is 0.270 e. The van der Waals surface area contributed by atoms with Crippen LogP contribution in [-0.2, 0) is 0 Å². The molecule has 0 radical (unpaired) electrons. The average molecular weight is 253 g/mol. The van der Waals surface area contributed by atoms with Crippen molar-refractivity contribution in [1.82, 2.24) is 0 Å². The predicted molar refractivity (Wildman–Crippen MR) is 77.0 cm³/mol. The van der Waals surface area contributed by atoms with E-state index >= 15 is 0 Å². The molecule has 3 heteroatoms. The summed E-state index contributed by atoms with van der Waals surface area (Å²) in [6, 6.07) is 16.8. The van der Waals surface area contributed by atoms with Crippen molar-refractivity contribution in [3.05, 3.63) is 81.9 Å².